The molecule has 2 amide bonds. The van der Waals surface area contributed by atoms with Gasteiger partial charge in [0.15, 0.2) is 0 Å². The fourth-order valence-corrected chi connectivity index (χ4v) is 2.79. The number of rotatable bonds is 6. The Morgan fingerprint density at radius 1 is 1.25 bits per heavy atom. The number of likely N-dealkylation sites (N-methyl/N-ethyl adjacent to an activating group) is 2. The molecule has 0 spiro atoms. The Balaban J connectivity index is 2.73. The molecule has 20 heavy (non-hydrogen) atoms. The van der Waals surface area contributed by atoms with E-state index in [2.05, 4.69) is 39.1 Å². The number of allylic oxidation sites excluding steroid dienone is 2. The van der Waals surface area contributed by atoms with Gasteiger partial charge in [-0.3, -0.25) is 9.59 Å². The summed E-state index contributed by atoms with van der Waals surface area (Å²) in [6, 6.07) is 0. The lowest BCUT2D eigenvalue weighted by Crippen LogP contribution is -2.41. The molecular formula is C16H28N2O2. The van der Waals surface area contributed by atoms with E-state index in [0.717, 1.165) is 0 Å². The first kappa shape index (κ1) is 16.7. The first-order valence-electron chi connectivity index (χ1n) is 7.46. The molecule has 1 aliphatic carbocycles. The molecule has 0 radical (unpaired) electrons. The highest BCUT2D eigenvalue weighted by atomic mass is 16.2. The van der Waals surface area contributed by atoms with Crippen LogP contribution in [0.3, 0.4) is 0 Å². The van der Waals surface area contributed by atoms with Crippen LogP contribution in [0.15, 0.2) is 11.6 Å². The van der Waals surface area contributed by atoms with Crippen LogP contribution in [0, 0.1) is 17.3 Å². The van der Waals surface area contributed by atoms with Crippen LogP contribution in [-0.2, 0) is 9.59 Å². The predicted octanol–water partition coefficient (Wildman–Crippen LogP) is 2.21. The summed E-state index contributed by atoms with van der Waals surface area (Å²) < 4.78 is 0. The summed E-state index contributed by atoms with van der Waals surface area (Å²) >= 11 is 0. The van der Waals surface area contributed by atoms with Crippen molar-refractivity contribution in [3.8, 4) is 0 Å². The molecule has 1 rings (SSSR count). The number of carbonyl (C=O) groups is 2. The van der Waals surface area contributed by atoms with Crippen LogP contribution in [0.5, 0.6) is 0 Å². The largest absolute Gasteiger partial charge is 0.355 e. The van der Waals surface area contributed by atoms with Crippen LogP contribution in [-0.4, -0.2) is 36.3 Å². The highest BCUT2D eigenvalue weighted by molar-refractivity contribution is 5.88. The number of hydrogen-bond donors (Lipinski definition) is 1. The normalized spacial score (nSPS) is 22.9. The number of nitrogens with one attached hydrogen (secondary N) is 1. The minimum atomic E-state index is -0.0834. The zero-order chi connectivity index (χ0) is 15.5. The van der Waals surface area contributed by atoms with Gasteiger partial charge in [-0.25, -0.2) is 0 Å². The van der Waals surface area contributed by atoms with Gasteiger partial charge in [0.2, 0.25) is 11.8 Å². The van der Waals surface area contributed by atoms with E-state index in [1.165, 1.54) is 5.57 Å². The van der Waals surface area contributed by atoms with Crippen LogP contribution < -0.4 is 5.32 Å². The van der Waals surface area contributed by atoms with Gasteiger partial charge in [0.25, 0.3) is 0 Å². The van der Waals surface area contributed by atoms with Gasteiger partial charge in [-0.1, -0.05) is 25.5 Å². The maximum Gasteiger partial charge on any atom is 0.239 e. The fraction of sp³-hybridized carbons (Fsp3) is 0.750. The lowest BCUT2D eigenvalue weighted by molar-refractivity contribution is -0.137. The molecule has 0 aromatic carbocycles. The maximum atomic E-state index is 12.6. The fourth-order valence-electron chi connectivity index (χ4n) is 2.79. The minimum absolute atomic E-state index is 0.00298. The number of hydrogen-bond acceptors (Lipinski definition) is 2. The highest BCUT2D eigenvalue weighted by Crippen LogP contribution is 2.60. The summed E-state index contributed by atoms with van der Waals surface area (Å²) in [5.74, 6) is 0.321. The van der Waals surface area contributed by atoms with Crippen molar-refractivity contribution in [2.24, 2.45) is 17.3 Å². The van der Waals surface area contributed by atoms with Crippen LogP contribution in [0.4, 0.5) is 0 Å². The number of nitrogens with zero attached hydrogens (tertiary/aromatic N) is 1. The van der Waals surface area contributed by atoms with Crippen molar-refractivity contribution in [1.82, 2.24) is 10.2 Å². The van der Waals surface area contributed by atoms with E-state index in [0.29, 0.717) is 19.0 Å². The summed E-state index contributed by atoms with van der Waals surface area (Å²) in [6.45, 7) is 13.5. The maximum absolute atomic E-state index is 12.6. The molecule has 0 heterocycles. The van der Waals surface area contributed by atoms with E-state index >= 15 is 0 Å². The molecule has 114 valence electrons. The van der Waals surface area contributed by atoms with E-state index < -0.39 is 0 Å². The molecule has 2 atom stereocenters. The van der Waals surface area contributed by atoms with Crippen molar-refractivity contribution in [3.63, 3.8) is 0 Å². The van der Waals surface area contributed by atoms with Gasteiger partial charge in [-0.2, -0.15) is 0 Å². The van der Waals surface area contributed by atoms with E-state index in [1.807, 2.05) is 13.8 Å². The van der Waals surface area contributed by atoms with E-state index in [4.69, 9.17) is 0 Å². The van der Waals surface area contributed by atoms with Gasteiger partial charge < -0.3 is 10.2 Å². The minimum Gasteiger partial charge on any atom is -0.355 e. The van der Waals surface area contributed by atoms with Crippen molar-refractivity contribution in [1.29, 1.82) is 0 Å². The van der Waals surface area contributed by atoms with Crippen molar-refractivity contribution >= 4 is 11.8 Å². The molecule has 0 aromatic heterocycles. The third kappa shape index (κ3) is 3.62. The monoisotopic (exact) mass is 280 g/mol. The SMILES string of the molecule is CCNC(=O)CN(CC)C(=O)C1C(C=C(C)C)C1(C)C. The number of amides is 2. The van der Waals surface area contributed by atoms with Crippen molar-refractivity contribution < 1.29 is 9.59 Å². The lowest BCUT2D eigenvalue weighted by atomic mass is 10.1. The molecule has 4 heteroatoms. The zero-order valence-corrected chi connectivity index (χ0v) is 13.6. The Bertz CT molecular complexity index is 409. The second kappa shape index (κ2) is 6.42. The average molecular weight is 280 g/mol. The molecular weight excluding hydrogens is 252 g/mol. The van der Waals surface area contributed by atoms with Crippen molar-refractivity contribution in [3.05, 3.63) is 11.6 Å². The van der Waals surface area contributed by atoms with E-state index in [1.54, 1.807) is 4.90 Å². The first-order valence-corrected chi connectivity index (χ1v) is 7.46. The second-order valence-corrected chi connectivity index (χ2v) is 6.37. The lowest BCUT2D eigenvalue weighted by Gasteiger charge is -2.21. The van der Waals surface area contributed by atoms with Crippen molar-refractivity contribution in [2.45, 2.75) is 41.5 Å². The smallest absolute Gasteiger partial charge is 0.239 e. The molecule has 1 saturated carbocycles. The summed E-state index contributed by atoms with van der Waals surface area (Å²) in [6.07, 6.45) is 2.18. The highest BCUT2D eigenvalue weighted by Gasteiger charge is 2.61. The summed E-state index contributed by atoms with van der Waals surface area (Å²) in [4.78, 5) is 25.9. The molecule has 2 unspecified atom stereocenters. The molecule has 0 saturated heterocycles. The topological polar surface area (TPSA) is 49.4 Å². The van der Waals surface area contributed by atoms with Gasteiger partial charge in [0.1, 0.15) is 0 Å². The van der Waals surface area contributed by atoms with Gasteiger partial charge in [0, 0.05) is 13.1 Å². The molecule has 0 bridgehead atoms. The molecule has 4 nitrogen and oxygen atoms in total. The average Bonchev–Trinajstić information content (AvgIpc) is 2.86. The van der Waals surface area contributed by atoms with Gasteiger partial charge >= 0.3 is 0 Å². The summed E-state index contributed by atoms with van der Waals surface area (Å²) in [5.41, 5.74) is 1.24. The summed E-state index contributed by atoms with van der Waals surface area (Å²) in [5, 5.41) is 2.74. The molecule has 1 aliphatic rings. The van der Waals surface area contributed by atoms with Gasteiger partial charge in [-0.05, 0) is 39.0 Å². The summed E-state index contributed by atoms with van der Waals surface area (Å²) in [7, 11) is 0. The van der Waals surface area contributed by atoms with Crippen LogP contribution in [0.2, 0.25) is 0 Å². The Kier molecular flexibility index (Phi) is 5.37. The van der Waals surface area contributed by atoms with Crippen LogP contribution in [0.1, 0.15) is 41.5 Å². The Labute approximate surface area is 122 Å². The molecule has 1 N–H and O–H groups in total. The quantitative estimate of drug-likeness (QED) is 0.758. The zero-order valence-electron chi connectivity index (χ0n) is 13.6. The third-order valence-electron chi connectivity index (χ3n) is 4.09. The van der Waals surface area contributed by atoms with Crippen molar-refractivity contribution in [2.75, 3.05) is 19.6 Å². The Morgan fingerprint density at radius 3 is 2.30 bits per heavy atom. The molecule has 0 aromatic rings. The predicted molar refractivity (Wildman–Crippen MR) is 81.1 cm³/mol. The Hall–Kier alpha value is -1.32. The van der Waals surface area contributed by atoms with Gasteiger partial charge in [-0.15, -0.1) is 0 Å². The van der Waals surface area contributed by atoms with E-state index in [-0.39, 0.29) is 29.7 Å². The number of carbonyl (C=O) groups excluding carboxylic acids is 2. The molecule has 1 fully saturated rings. The molecule has 0 aliphatic heterocycles. The van der Waals surface area contributed by atoms with Crippen LogP contribution in [0.25, 0.3) is 0 Å². The van der Waals surface area contributed by atoms with E-state index in [9.17, 15) is 9.59 Å². The standard InChI is InChI=1S/C16H28N2O2/c1-7-17-13(19)10-18(8-2)15(20)14-12(9-11(3)4)16(14,5)6/h9,12,14H,7-8,10H2,1-6H3,(H,17,19). The second-order valence-electron chi connectivity index (χ2n) is 6.37. The third-order valence-corrected chi connectivity index (χ3v) is 4.09. The Morgan fingerprint density at radius 2 is 1.85 bits per heavy atom. The van der Waals surface area contributed by atoms with Crippen LogP contribution >= 0.6 is 0 Å². The van der Waals surface area contributed by atoms with Gasteiger partial charge in [0.05, 0.1) is 12.5 Å². The first-order chi connectivity index (χ1) is 9.25.